The molecule has 2 saturated heterocycles. The van der Waals surface area contributed by atoms with Crippen molar-refractivity contribution in [3.8, 4) is 5.75 Å². The molecule has 2 fully saturated rings. The summed E-state index contributed by atoms with van der Waals surface area (Å²) in [5, 5.41) is 28.1. The van der Waals surface area contributed by atoms with E-state index in [1.165, 1.54) is 0 Å². The maximum atomic E-state index is 13.7. The first-order valence-corrected chi connectivity index (χ1v) is 14.3. The molecule has 9 N–H and O–H groups in total. The maximum absolute atomic E-state index is 13.7. The molecular weight excluding hydrogens is 516 g/mol. The van der Waals surface area contributed by atoms with Crippen molar-refractivity contribution in [3.05, 3.63) is 65.9 Å². The van der Waals surface area contributed by atoms with Crippen LogP contribution in [0.15, 0.2) is 54.7 Å². The predicted octanol–water partition coefficient (Wildman–Crippen LogP) is 0.770. The fourth-order valence-corrected chi connectivity index (χ4v) is 6.90. The monoisotopic (exact) mass is 552 g/mol. The molecule has 0 spiro atoms. The van der Waals surface area contributed by atoms with E-state index in [4.69, 9.17) is 11.5 Å². The Morgan fingerprint density at radius 3 is 2.67 bits per heavy atom. The number of amides is 2. The molecule has 2 aliphatic heterocycles. The normalized spacial score (nSPS) is 24.0. The number of aromatic hydroxyl groups is 1. The molecule has 39 heavy (non-hydrogen) atoms. The van der Waals surface area contributed by atoms with Crippen molar-refractivity contribution >= 4 is 34.5 Å². The lowest BCUT2D eigenvalue weighted by Crippen LogP contribution is -2.58. The summed E-state index contributed by atoms with van der Waals surface area (Å²) in [5.41, 5.74) is 14.9. The molecule has 2 aliphatic rings. The Morgan fingerprint density at radius 2 is 1.92 bits per heavy atom. The third kappa shape index (κ3) is 6.23. The first-order valence-electron chi connectivity index (χ1n) is 13.3. The maximum Gasteiger partial charge on any atom is 0.237 e. The minimum Gasteiger partial charge on any atom is -0.508 e. The molecule has 208 valence electrons. The quantitative estimate of drug-likeness (QED) is 0.193. The molecule has 3 heterocycles. The molecule has 2 amide bonds. The molecule has 6 atom stereocenters. The number of aromatic nitrogens is 1. The van der Waals surface area contributed by atoms with Crippen molar-refractivity contribution in [1.29, 1.82) is 0 Å². The highest BCUT2D eigenvalue weighted by Gasteiger charge is 2.40. The molecule has 11 heteroatoms. The summed E-state index contributed by atoms with van der Waals surface area (Å²) in [6, 6.07) is 12.9. The molecule has 0 radical (unpaired) electrons. The van der Waals surface area contributed by atoms with Gasteiger partial charge in [-0.3, -0.25) is 19.8 Å². The number of hydrogen-bond donors (Lipinski definition) is 7. The summed E-state index contributed by atoms with van der Waals surface area (Å²) in [4.78, 5) is 30.6. The van der Waals surface area contributed by atoms with Gasteiger partial charge in [0.2, 0.25) is 11.8 Å². The van der Waals surface area contributed by atoms with Crippen LogP contribution >= 0.6 is 11.8 Å². The van der Waals surface area contributed by atoms with Crippen molar-refractivity contribution in [2.75, 3.05) is 12.3 Å². The van der Waals surface area contributed by atoms with Crippen LogP contribution in [0.3, 0.4) is 0 Å². The van der Waals surface area contributed by atoms with Crippen molar-refractivity contribution in [3.63, 3.8) is 0 Å². The number of H-pyrrole nitrogens is 1. The lowest BCUT2D eigenvalue weighted by Gasteiger charge is -2.34. The van der Waals surface area contributed by atoms with E-state index >= 15 is 0 Å². The molecule has 3 aromatic rings. The molecule has 0 saturated carbocycles. The van der Waals surface area contributed by atoms with Gasteiger partial charge in [-0.25, -0.2) is 0 Å². The van der Waals surface area contributed by atoms with Gasteiger partial charge in [-0.2, -0.15) is 0 Å². The van der Waals surface area contributed by atoms with Gasteiger partial charge in [-0.1, -0.05) is 30.3 Å². The number of rotatable bonds is 10. The van der Waals surface area contributed by atoms with Gasteiger partial charge in [0.15, 0.2) is 0 Å². The highest BCUT2D eigenvalue weighted by atomic mass is 32.2. The van der Waals surface area contributed by atoms with Gasteiger partial charge >= 0.3 is 0 Å². The average molecular weight is 553 g/mol. The smallest absolute Gasteiger partial charge is 0.237 e. The molecular formula is C28H36N6O4S. The number of primary amides is 1. The molecule has 0 bridgehead atoms. The Morgan fingerprint density at radius 1 is 1.15 bits per heavy atom. The van der Waals surface area contributed by atoms with Crippen LogP contribution in [-0.2, 0) is 22.4 Å². The number of nitrogens with one attached hydrogen (secondary N) is 3. The number of para-hydroxylation sites is 1. The predicted molar refractivity (Wildman–Crippen MR) is 152 cm³/mol. The van der Waals surface area contributed by atoms with Crippen molar-refractivity contribution in [1.82, 2.24) is 20.5 Å². The minimum absolute atomic E-state index is 0.168. The number of aliphatic hydroxyl groups is 1. The first-order chi connectivity index (χ1) is 18.8. The van der Waals surface area contributed by atoms with E-state index in [1.54, 1.807) is 40.9 Å². The van der Waals surface area contributed by atoms with Gasteiger partial charge in [0, 0.05) is 35.4 Å². The summed E-state index contributed by atoms with van der Waals surface area (Å²) in [5.74, 6) is 0.136. The summed E-state index contributed by atoms with van der Waals surface area (Å²) < 4.78 is 0. The number of fused-ring (bicyclic) bond motifs is 1. The first kappa shape index (κ1) is 27.5. The van der Waals surface area contributed by atoms with E-state index in [1.807, 2.05) is 30.5 Å². The second-order valence-electron chi connectivity index (χ2n) is 10.4. The number of carbonyl (C=O) groups excluding carboxylic acids is 2. The molecule has 1 aromatic heterocycles. The molecule has 2 unspecified atom stereocenters. The summed E-state index contributed by atoms with van der Waals surface area (Å²) >= 11 is 1.58. The van der Waals surface area contributed by atoms with Gasteiger partial charge in [0.25, 0.3) is 0 Å². The van der Waals surface area contributed by atoms with Crippen LogP contribution in [0, 0.1) is 0 Å². The van der Waals surface area contributed by atoms with E-state index in [9.17, 15) is 19.8 Å². The van der Waals surface area contributed by atoms with Crippen LogP contribution < -0.4 is 22.1 Å². The SMILES string of the molecule is NC(=O)[C@@H]1CSC([C@H](Cc2c[nH]c3ccccc23)NC(=O)[C@@H]2CCCN2C(O)[C@@H](N)Cc2ccc(O)cc2)N1. The van der Waals surface area contributed by atoms with Crippen LogP contribution in [-0.4, -0.2) is 80.0 Å². The third-order valence-corrected chi connectivity index (χ3v) is 9.04. The third-order valence-electron chi connectivity index (χ3n) is 7.69. The number of likely N-dealkylation sites (tertiary alicyclic amines) is 1. The number of phenolic OH excluding ortho intramolecular Hbond substituents is 1. The Kier molecular flexibility index (Phi) is 8.43. The van der Waals surface area contributed by atoms with Crippen LogP contribution in [0.1, 0.15) is 24.0 Å². The Balaban J connectivity index is 1.30. The number of aromatic amines is 1. The zero-order valence-corrected chi connectivity index (χ0v) is 22.4. The van der Waals surface area contributed by atoms with E-state index in [0.29, 0.717) is 31.6 Å². The van der Waals surface area contributed by atoms with Gasteiger partial charge in [0.05, 0.1) is 23.5 Å². The number of nitrogens with two attached hydrogens (primary N) is 2. The van der Waals surface area contributed by atoms with E-state index in [2.05, 4.69) is 15.6 Å². The molecule has 0 aliphatic carbocycles. The Labute approximate surface area is 231 Å². The number of phenols is 1. The van der Waals surface area contributed by atoms with E-state index in [-0.39, 0.29) is 23.1 Å². The van der Waals surface area contributed by atoms with Crippen LogP contribution in [0.5, 0.6) is 5.75 Å². The van der Waals surface area contributed by atoms with E-state index < -0.39 is 30.3 Å². The summed E-state index contributed by atoms with van der Waals surface area (Å²) in [6.45, 7) is 0.565. The van der Waals surface area contributed by atoms with Crippen molar-refractivity contribution < 1.29 is 19.8 Å². The minimum atomic E-state index is -0.998. The number of nitrogens with zero attached hydrogens (tertiary/aromatic N) is 1. The molecule has 10 nitrogen and oxygen atoms in total. The zero-order valence-electron chi connectivity index (χ0n) is 21.6. The van der Waals surface area contributed by atoms with Gasteiger partial charge < -0.3 is 32.0 Å². The van der Waals surface area contributed by atoms with Crippen molar-refractivity contribution in [2.45, 2.75) is 61.5 Å². The second-order valence-corrected chi connectivity index (χ2v) is 11.6. The van der Waals surface area contributed by atoms with Crippen molar-refractivity contribution in [2.24, 2.45) is 11.5 Å². The number of thioether (sulfide) groups is 1. The van der Waals surface area contributed by atoms with Gasteiger partial charge in [-0.05, 0) is 55.0 Å². The average Bonchev–Trinajstić information content (AvgIpc) is 3.69. The fraction of sp³-hybridized carbons (Fsp3) is 0.429. The lowest BCUT2D eigenvalue weighted by atomic mass is 10.0. The standard InChI is InChI=1S/C28H36N6O4S/c29-20(12-16-7-9-18(35)10-8-16)28(38)34-11-3-6-24(34)26(37)32-22(27-33-23(15-39-27)25(30)36)13-17-14-31-21-5-2-1-4-19(17)21/h1-2,4-5,7-10,14,20,22-24,27-28,31,33,35,38H,3,6,11-13,15,29H2,(H2,30,36)(H,32,37)/t20-,22-,23-,24-,27?,28?/m0/s1. The van der Waals surface area contributed by atoms with Crippen LogP contribution in [0.2, 0.25) is 0 Å². The highest BCUT2D eigenvalue weighted by molar-refractivity contribution is 8.00. The van der Waals surface area contributed by atoms with Crippen LogP contribution in [0.25, 0.3) is 10.9 Å². The van der Waals surface area contributed by atoms with Crippen LogP contribution in [0.4, 0.5) is 0 Å². The number of hydrogen-bond acceptors (Lipinski definition) is 8. The molecule has 2 aromatic carbocycles. The van der Waals surface area contributed by atoms with E-state index in [0.717, 1.165) is 28.5 Å². The summed E-state index contributed by atoms with van der Waals surface area (Å²) in [6.07, 6.45) is 3.32. The Hall–Kier alpha value is -3.09. The largest absolute Gasteiger partial charge is 0.508 e. The summed E-state index contributed by atoms with van der Waals surface area (Å²) in [7, 11) is 0. The number of aliphatic hydroxyl groups excluding tert-OH is 1. The number of carbonyl (C=O) groups is 2. The Bertz CT molecular complexity index is 1300. The lowest BCUT2D eigenvalue weighted by molar-refractivity contribution is -0.130. The highest BCUT2D eigenvalue weighted by Crippen LogP contribution is 2.28. The molecule has 5 rings (SSSR count). The van der Waals surface area contributed by atoms with Gasteiger partial charge in [-0.15, -0.1) is 11.8 Å². The topological polar surface area (TPSA) is 170 Å². The van der Waals surface area contributed by atoms with Gasteiger partial charge in [0.1, 0.15) is 12.0 Å². The fourth-order valence-electron chi connectivity index (χ4n) is 5.58. The zero-order chi connectivity index (χ0) is 27.5. The second kappa shape index (κ2) is 12.0. The number of benzene rings is 2.